The SMILES string of the molecule is CCNC(C)c1ccc(N2CCOCC2CO)cc1O. The largest absolute Gasteiger partial charge is 0.508 e. The number of anilines is 1. The van der Waals surface area contributed by atoms with Gasteiger partial charge < -0.3 is 25.2 Å². The quantitative estimate of drug-likeness (QED) is 0.758. The number of ether oxygens (including phenoxy) is 1. The molecule has 1 aliphatic heterocycles. The van der Waals surface area contributed by atoms with Crippen molar-refractivity contribution in [2.45, 2.75) is 25.9 Å². The lowest BCUT2D eigenvalue weighted by molar-refractivity contribution is 0.0727. The number of morpholine rings is 1. The van der Waals surface area contributed by atoms with Gasteiger partial charge >= 0.3 is 0 Å². The molecule has 0 aliphatic carbocycles. The Morgan fingerprint density at radius 3 is 2.95 bits per heavy atom. The van der Waals surface area contributed by atoms with Crippen molar-refractivity contribution in [3.8, 4) is 5.75 Å². The van der Waals surface area contributed by atoms with Crippen LogP contribution in [0.3, 0.4) is 0 Å². The molecule has 112 valence electrons. The summed E-state index contributed by atoms with van der Waals surface area (Å²) in [7, 11) is 0. The number of phenols is 1. The molecule has 2 rings (SSSR count). The minimum atomic E-state index is -0.0415. The summed E-state index contributed by atoms with van der Waals surface area (Å²) in [5.41, 5.74) is 1.82. The van der Waals surface area contributed by atoms with Crippen molar-refractivity contribution < 1.29 is 14.9 Å². The summed E-state index contributed by atoms with van der Waals surface area (Å²) in [5.74, 6) is 0.291. The molecule has 1 aromatic carbocycles. The third-order valence-electron chi connectivity index (χ3n) is 3.76. The van der Waals surface area contributed by atoms with Gasteiger partial charge in [0, 0.05) is 29.9 Å². The van der Waals surface area contributed by atoms with Crippen LogP contribution in [0, 0.1) is 0 Å². The zero-order chi connectivity index (χ0) is 14.5. The maximum atomic E-state index is 10.2. The molecule has 0 radical (unpaired) electrons. The molecule has 2 unspecified atom stereocenters. The number of aliphatic hydroxyl groups excluding tert-OH is 1. The van der Waals surface area contributed by atoms with Crippen LogP contribution in [0.2, 0.25) is 0 Å². The molecule has 2 atom stereocenters. The van der Waals surface area contributed by atoms with Crippen LogP contribution in [0.5, 0.6) is 5.75 Å². The van der Waals surface area contributed by atoms with E-state index < -0.39 is 0 Å². The van der Waals surface area contributed by atoms with Gasteiger partial charge in [-0.05, 0) is 19.5 Å². The summed E-state index contributed by atoms with van der Waals surface area (Å²) in [5, 5.41) is 22.9. The predicted octanol–water partition coefficient (Wildman–Crippen LogP) is 1.26. The van der Waals surface area contributed by atoms with E-state index in [0.717, 1.165) is 24.3 Å². The number of aromatic hydroxyl groups is 1. The molecule has 1 heterocycles. The Balaban J connectivity index is 2.19. The maximum Gasteiger partial charge on any atom is 0.122 e. The monoisotopic (exact) mass is 280 g/mol. The van der Waals surface area contributed by atoms with Crippen LogP contribution in [0.15, 0.2) is 18.2 Å². The van der Waals surface area contributed by atoms with Gasteiger partial charge in [-0.1, -0.05) is 13.0 Å². The number of nitrogens with one attached hydrogen (secondary N) is 1. The minimum absolute atomic E-state index is 0.0415. The summed E-state index contributed by atoms with van der Waals surface area (Å²) in [6, 6.07) is 5.79. The van der Waals surface area contributed by atoms with Gasteiger partial charge in [0.25, 0.3) is 0 Å². The molecule has 1 aromatic rings. The summed E-state index contributed by atoms with van der Waals surface area (Å²) in [4.78, 5) is 2.09. The summed E-state index contributed by atoms with van der Waals surface area (Å²) >= 11 is 0. The van der Waals surface area contributed by atoms with E-state index in [0.29, 0.717) is 19.0 Å². The van der Waals surface area contributed by atoms with Crippen molar-refractivity contribution in [2.24, 2.45) is 0 Å². The Bertz CT molecular complexity index is 439. The van der Waals surface area contributed by atoms with Gasteiger partial charge in [0.05, 0.1) is 25.9 Å². The molecular formula is C15H24N2O3. The molecule has 0 amide bonds. The Hall–Kier alpha value is -1.30. The molecule has 0 spiro atoms. The Morgan fingerprint density at radius 2 is 2.30 bits per heavy atom. The Kier molecular flexibility index (Phi) is 5.23. The van der Waals surface area contributed by atoms with Gasteiger partial charge in [-0.2, -0.15) is 0 Å². The van der Waals surface area contributed by atoms with Gasteiger partial charge in [0.2, 0.25) is 0 Å². The van der Waals surface area contributed by atoms with E-state index in [9.17, 15) is 10.2 Å². The minimum Gasteiger partial charge on any atom is -0.508 e. The first-order valence-electron chi connectivity index (χ1n) is 7.19. The van der Waals surface area contributed by atoms with Crippen molar-refractivity contribution in [3.05, 3.63) is 23.8 Å². The van der Waals surface area contributed by atoms with Crippen molar-refractivity contribution in [3.63, 3.8) is 0 Å². The zero-order valence-electron chi connectivity index (χ0n) is 12.2. The molecular weight excluding hydrogens is 256 g/mol. The van der Waals surface area contributed by atoms with Gasteiger partial charge in [0.15, 0.2) is 0 Å². The highest BCUT2D eigenvalue weighted by Crippen LogP contribution is 2.30. The van der Waals surface area contributed by atoms with Crippen LogP contribution in [0.1, 0.15) is 25.5 Å². The lowest BCUT2D eigenvalue weighted by Gasteiger charge is -2.36. The molecule has 1 saturated heterocycles. The molecule has 0 aromatic heterocycles. The highest BCUT2D eigenvalue weighted by molar-refractivity contribution is 5.55. The third kappa shape index (κ3) is 3.23. The summed E-state index contributed by atoms with van der Waals surface area (Å²) < 4.78 is 5.37. The second-order valence-corrected chi connectivity index (χ2v) is 5.13. The van der Waals surface area contributed by atoms with Crippen molar-refractivity contribution >= 4 is 5.69 Å². The van der Waals surface area contributed by atoms with Crippen LogP contribution >= 0.6 is 0 Å². The van der Waals surface area contributed by atoms with E-state index in [2.05, 4.69) is 10.2 Å². The highest BCUT2D eigenvalue weighted by Gasteiger charge is 2.23. The average molecular weight is 280 g/mol. The van der Waals surface area contributed by atoms with Crippen LogP contribution in [-0.2, 0) is 4.74 Å². The number of hydrogen-bond donors (Lipinski definition) is 3. The molecule has 0 bridgehead atoms. The fourth-order valence-electron chi connectivity index (χ4n) is 2.64. The van der Waals surface area contributed by atoms with E-state index in [1.165, 1.54) is 0 Å². The Labute approximate surface area is 120 Å². The van der Waals surface area contributed by atoms with E-state index in [1.807, 2.05) is 26.0 Å². The van der Waals surface area contributed by atoms with Gasteiger partial charge in [-0.3, -0.25) is 0 Å². The third-order valence-corrected chi connectivity index (χ3v) is 3.76. The maximum absolute atomic E-state index is 10.2. The second-order valence-electron chi connectivity index (χ2n) is 5.13. The van der Waals surface area contributed by atoms with E-state index in [-0.39, 0.29) is 18.7 Å². The summed E-state index contributed by atoms with van der Waals surface area (Å²) in [6.07, 6.45) is 0. The lowest BCUT2D eigenvalue weighted by atomic mass is 10.1. The number of rotatable bonds is 5. The predicted molar refractivity (Wildman–Crippen MR) is 79.2 cm³/mol. The first-order valence-corrected chi connectivity index (χ1v) is 7.19. The topological polar surface area (TPSA) is 65.0 Å². The van der Waals surface area contributed by atoms with Crippen molar-refractivity contribution in [1.29, 1.82) is 0 Å². The molecule has 3 N–H and O–H groups in total. The Morgan fingerprint density at radius 1 is 1.50 bits per heavy atom. The van der Waals surface area contributed by atoms with Crippen LogP contribution in [-0.4, -0.2) is 49.2 Å². The average Bonchev–Trinajstić information content (AvgIpc) is 2.47. The molecule has 1 fully saturated rings. The first-order chi connectivity index (χ1) is 9.67. The van der Waals surface area contributed by atoms with Gasteiger partial charge in [-0.25, -0.2) is 0 Å². The standard InChI is InChI=1S/C15H24N2O3/c1-3-16-11(2)14-5-4-12(8-15(14)19)17-6-7-20-10-13(17)9-18/h4-5,8,11,13,16,18-19H,3,6-7,9-10H2,1-2H3. The van der Waals surface area contributed by atoms with Crippen LogP contribution < -0.4 is 10.2 Å². The fraction of sp³-hybridized carbons (Fsp3) is 0.600. The van der Waals surface area contributed by atoms with E-state index >= 15 is 0 Å². The van der Waals surface area contributed by atoms with Crippen molar-refractivity contribution in [2.75, 3.05) is 37.8 Å². The smallest absolute Gasteiger partial charge is 0.122 e. The number of aliphatic hydroxyl groups is 1. The fourth-order valence-corrected chi connectivity index (χ4v) is 2.64. The molecule has 1 aliphatic rings. The van der Waals surface area contributed by atoms with E-state index in [1.54, 1.807) is 6.07 Å². The number of phenolic OH excluding ortho intramolecular Hbond substituents is 1. The summed E-state index contributed by atoms with van der Waals surface area (Å²) in [6.45, 7) is 6.88. The number of hydrogen-bond acceptors (Lipinski definition) is 5. The van der Waals surface area contributed by atoms with Gasteiger partial charge in [-0.15, -0.1) is 0 Å². The van der Waals surface area contributed by atoms with Crippen molar-refractivity contribution in [1.82, 2.24) is 5.32 Å². The zero-order valence-corrected chi connectivity index (χ0v) is 12.2. The van der Waals surface area contributed by atoms with Crippen LogP contribution in [0.25, 0.3) is 0 Å². The first kappa shape index (κ1) is 15.1. The molecule has 0 saturated carbocycles. The normalized spacial score (nSPS) is 20.9. The number of benzene rings is 1. The molecule has 5 nitrogen and oxygen atoms in total. The lowest BCUT2D eigenvalue weighted by Crippen LogP contribution is -2.47. The molecule has 5 heteroatoms. The van der Waals surface area contributed by atoms with E-state index in [4.69, 9.17) is 4.74 Å². The highest BCUT2D eigenvalue weighted by atomic mass is 16.5. The van der Waals surface area contributed by atoms with Crippen LogP contribution in [0.4, 0.5) is 5.69 Å². The van der Waals surface area contributed by atoms with Gasteiger partial charge in [0.1, 0.15) is 5.75 Å². The second kappa shape index (κ2) is 6.92. The number of nitrogens with zero attached hydrogens (tertiary/aromatic N) is 1. The molecule has 20 heavy (non-hydrogen) atoms.